The fourth-order valence-corrected chi connectivity index (χ4v) is 2.71. The first-order valence-corrected chi connectivity index (χ1v) is 6.81. The molecule has 1 N–H and O–H groups in total. The number of aryl methyl sites for hydroxylation is 1. The normalized spacial score (nSPS) is 10.3. The van der Waals surface area contributed by atoms with E-state index in [-0.39, 0.29) is 5.56 Å². The third kappa shape index (κ3) is 2.91. The predicted molar refractivity (Wildman–Crippen MR) is 74.2 cm³/mol. The Labute approximate surface area is 117 Å². The molecule has 18 heavy (non-hydrogen) atoms. The van der Waals surface area contributed by atoms with Crippen LogP contribution in [-0.4, -0.2) is 16.1 Å². The number of hydrogen-bond donors (Lipinski definition) is 1. The van der Waals surface area contributed by atoms with Crippen molar-refractivity contribution in [2.45, 2.75) is 16.8 Å². The zero-order valence-corrected chi connectivity index (χ0v) is 12.0. The second kappa shape index (κ2) is 5.54. The lowest BCUT2D eigenvalue weighted by Gasteiger charge is -2.07. The molecule has 0 aliphatic carbocycles. The van der Waals surface area contributed by atoms with Gasteiger partial charge in [-0.3, -0.25) is 0 Å². The average molecular weight is 324 g/mol. The van der Waals surface area contributed by atoms with Crippen LogP contribution in [0.1, 0.15) is 15.9 Å². The topological polar surface area (TPSA) is 50.2 Å². The predicted octanol–water partition coefficient (Wildman–Crippen LogP) is 4.00. The van der Waals surface area contributed by atoms with Crippen molar-refractivity contribution in [3.63, 3.8) is 0 Å². The van der Waals surface area contributed by atoms with Crippen molar-refractivity contribution in [3.8, 4) is 0 Å². The van der Waals surface area contributed by atoms with E-state index in [2.05, 4.69) is 20.9 Å². The summed E-state index contributed by atoms with van der Waals surface area (Å²) >= 11 is 4.71. The van der Waals surface area contributed by atoms with E-state index in [1.54, 1.807) is 19.2 Å². The number of aromatic nitrogens is 1. The highest BCUT2D eigenvalue weighted by atomic mass is 79.9. The lowest BCUT2D eigenvalue weighted by atomic mass is 10.2. The smallest absolute Gasteiger partial charge is 0.338 e. The minimum Gasteiger partial charge on any atom is -0.478 e. The molecule has 0 atom stereocenters. The standard InChI is InChI=1S/C13H10BrNO2S/c1-8-6-7-15-12(11(8)13(16)17)18-10-4-2-9(14)3-5-10/h2-7H,1H3,(H,16,17). The molecule has 0 radical (unpaired) electrons. The van der Waals surface area contributed by atoms with Crippen molar-refractivity contribution in [1.29, 1.82) is 0 Å². The van der Waals surface area contributed by atoms with Gasteiger partial charge in [0.1, 0.15) is 5.03 Å². The van der Waals surface area contributed by atoms with Crippen LogP contribution in [0.5, 0.6) is 0 Å². The van der Waals surface area contributed by atoms with Gasteiger partial charge in [-0.1, -0.05) is 27.7 Å². The number of carbonyl (C=O) groups is 1. The van der Waals surface area contributed by atoms with Crippen LogP contribution >= 0.6 is 27.7 Å². The monoisotopic (exact) mass is 323 g/mol. The lowest BCUT2D eigenvalue weighted by molar-refractivity contribution is 0.0691. The number of rotatable bonds is 3. The molecule has 0 amide bonds. The summed E-state index contributed by atoms with van der Waals surface area (Å²) in [4.78, 5) is 16.3. The first-order valence-electron chi connectivity index (χ1n) is 5.20. The molecule has 0 saturated carbocycles. The molecule has 0 aliphatic rings. The Morgan fingerprint density at radius 2 is 1.94 bits per heavy atom. The van der Waals surface area contributed by atoms with Gasteiger partial charge < -0.3 is 5.11 Å². The van der Waals surface area contributed by atoms with Crippen LogP contribution in [0, 0.1) is 6.92 Å². The Hall–Kier alpha value is -1.33. The maximum atomic E-state index is 11.2. The van der Waals surface area contributed by atoms with Crippen molar-refractivity contribution in [3.05, 3.63) is 52.1 Å². The molecule has 1 aromatic heterocycles. The van der Waals surface area contributed by atoms with E-state index in [4.69, 9.17) is 0 Å². The third-order valence-corrected chi connectivity index (χ3v) is 3.91. The number of carboxylic acids is 1. The van der Waals surface area contributed by atoms with Crippen LogP contribution in [0.2, 0.25) is 0 Å². The Morgan fingerprint density at radius 1 is 1.28 bits per heavy atom. The molecule has 1 aromatic carbocycles. The highest BCUT2D eigenvalue weighted by Gasteiger charge is 2.15. The van der Waals surface area contributed by atoms with Crippen molar-refractivity contribution < 1.29 is 9.90 Å². The van der Waals surface area contributed by atoms with Crippen LogP contribution in [0.15, 0.2) is 50.9 Å². The summed E-state index contributed by atoms with van der Waals surface area (Å²) in [6, 6.07) is 9.38. The molecule has 0 fully saturated rings. The average Bonchev–Trinajstić information content (AvgIpc) is 2.32. The SMILES string of the molecule is Cc1ccnc(Sc2ccc(Br)cc2)c1C(=O)O. The van der Waals surface area contributed by atoms with Gasteiger partial charge in [-0.15, -0.1) is 0 Å². The Kier molecular flexibility index (Phi) is 4.04. The number of aromatic carboxylic acids is 1. The van der Waals surface area contributed by atoms with Crippen LogP contribution in [0.3, 0.4) is 0 Å². The quantitative estimate of drug-likeness (QED) is 0.927. The van der Waals surface area contributed by atoms with Crippen LogP contribution in [0.4, 0.5) is 0 Å². The number of nitrogens with zero attached hydrogens (tertiary/aromatic N) is 1. The van der Waals surface area contributed by atoms with Crippen LogP contribution in [-0.2, 0) is 0 Å². The summed E-state index contributed by atoms with van der Waals surface area (Å²) in [5.74, 6) is -0.944. The fourth-order valence-electron chi connectivity index (χ4n) is 1.49. The molecule has 2 rings (SSSR count). The first kappa shape index (κ1) is 13.1. The van der Waals surface area contributed by atoms with Gasteiger partial charge in [0.05, 0.1) is 5.56 Å². The van der Waals surface area contributed by atoms with Crippen molar-refractivity contribution in [1.82, 2.24) is 4.98 Å². The van der Waals surface area contributed by atoms with E-state index < -0.39 is 5.97 Å². The highest BCUT2D eigenvalue weighted by Crippen LogP contribution is 2.30. The van der Waals surface area contributed by atoms with E-state index in [9.17, 15) is 9.90 Å². The minimum atomic E-state index is -0.944. The summed E-state index contributed by atoms with van der Waals surface area (Å²) in [5.41, 5.74) is 0.988. The Balaban J connectivity index is 2.37. The lowest BCUT2D eigenvalue weighted by Crippen LogP contribution is -2.03. The maximum Gasteiger partial charge on any atom is 0.338 e. The number of halogens is 1. The van der Waals surface area contributed by atoms with Gasteiger partial charge in [-0.2, -0.15) is 0 Å². The van der Waals surface area contributed by atoms with Gasteiger partial charge in [0.25, 0.3) is 0 Å². The summed E-state index contributed by atoms with van der Waals surface area (Å²) in [6.45, 7) is 1.77. The first-order chi connectivity index (χ1) is 8.58. The summed E-state index contributed by atoms with van der Waals surface area (Å²) in [7, 11) is 0. The number of carboxylic acid groups (broad SMARTS) is 1. The van der Waals surface area contributed by atoms with E-state index in [1.165, 1.54) is 11.8 Å². The Morgan fingerprint density at radius 3 is 2.56 bits per heavy atom. The second-order valence-electron chi connectivity index (χ2n) is 3.67. The molecule has 0 aliphatic heterocycles. The maximum absolute atomic E-state index is 11.2. The largest absolute Gasteiger partial charge is 0.478 e. The van der Waals surface area contributed by atoms with Gasteiger partial charge in [-0.05, 0) is 42.8 Å². The minimum absolute atomic E-state index is 0.269. The number of benzene rings is 1. The molecule has 0 saturated heterocycles. The van der Waals surface area contributed by atoms with Crippen molar-refractivity contribution in [2.75, 3.05) is 0 Å². The van der Waals surface area contributed by atoms with E-state index in [0.717, 1.165) is 14.9 Å². The van der Waals surface area contributed by atoms with Gasteiger partial charge in [-0.25, -0.2) is 9.78 Å². The van der Waals surface area contributed by atoms with Crippen molar-refractivity contribution >= 4 is 33.7 Å². The van der Waals surface area contributed by atoms with E-state index >= 15 is 0 Å². The van der Waals surface area contributed by atoms with E-state index in [1.807, 2.05) is 24.3 Å². The van der Waals surface area contributed by atoms with Gasteiger partial charge >= 0.3 is 5.97 Å². The van der Waals surface area contributed by atoms with Gasteiger partial charge in [0, 0.05) is 15.6 Å². The second-order valence-corrected chi connectivity index (χ2v) is 5.65. The number of hydrogen-bond acceptors (Lipinski definition) is 3. The molecule has 92 valence electrons. The zero-order valence-electron chi connectivity index (χ0n) is 9.55. The third-order valence-electron chi connectivity index (χ3n) is 2.37. The van der Waals surface area contributed by atoms with Crippen LogP contribution in [0.25, 0.3) is 0 Å². The molecule has 5 heteroatoms. The molecular weight excluding hydrogens is 314 g/mol. The molecule has 1 heterocycles. The molecule has 3 nitrogen and oxygen atoms in total. The van der Waals surface area contributed by atoms with E-state index in [0.29, 0.717) is 5.03 Å². The number of pyridine rings is 1. The Bertz CT molecular complexity index is 584. The highest BCUT2D eigenvalue weighted by molar-refractivity contribution is 9.10. The molecule has 0 unspecified atom stereocenters. The van der Waals surface area contributed by atoms with Crippen LogP contribution < -0.4 is 0 Å². The summed E-state index contributed by atoms with van der Waals surface area (Å²) in [5, 5.41) is 9.73. The van der Waals surface area contributed by atoms with Gasteiger partial charge in [0.2, 0.25) is 0 Å². The molecule has 0 spiro atoms. The van der Waals surface area contributed by atoms with Gasteiger partial charge in [0.15, 0.2) is 0 Å². The zero-order chi connectivity index (χ0) is 13.1. The summed E-state index contributed by atoms with van der Waals surface area (Å²) < 4.78 is 0.988. The fraction of sp³-hybridized carbons (Fsp3) is 0.0769. The molecule has 0 bridgehead atoms. The van der Waals surface area contributed by atoms with Crippen molar-refractivity contribution in [2.24, 2.45) is 0 Å². The molecular formula is C13H10BrNO2S. The summed E-state index contributed by atoms with van der Waals surface area (Å²) in [6.07, 6.45) is 1.63. The molecule has 2 aromatic rings.